The quantitative estimate of drug-likeness (QED) is 0.145. The molecule has 192 valence electrons. The zero-order chi connectivity index (χ0) is 26.0. The van der Waals surface area contributed by atoms with Gasteiger partial charge in [-0.3, -0.25) is 9.59 Å². The van der Waals surface area contributed by atoms with Crippen LogP contribution in [0, 0.1) is 0 Å². The second-order valence-electron chi connectivity index (χ2n) is 8.20. The third-order valence-electron chi connectivity index (χ3n) is 5.56. The van der Waals surface area contributed by atoms with Crippen LogP contribution in [0.5, 0.6) is 0 Å². The summed E-state index contributed by atoms with van der Waals surface area (Å²) >= 11 is 0. The van der Waals surface area contributed by atoms with Gasteiger partial charge in [0.2, 0.25) is 0 Å². The molecule has 1 heterocycles. The first kappa shape index (κ1) is 28.4. The standard InChI is InChI=1S/C15H11NO3.C10H23NO5/c17-14(18)9-16-12-7-3-1-5-10(12)15(19)11-6-2-4-8-13(11)16;1-2-3-4-11-5-7(13)9(15)10(16)8(14)6-12/h1-8H,9H2,(H,17,18);7-16H,2-6H2,1H3/t;7-,8-,9-,10-/m.1/s1. The lowest BCUT2D eigenvalue weighted by molar-refractivity contribution is -0.137. The lowest BCUT2D eigenvalue weighted by atomic mass is 10.0. The molecule has 0 fully saturated rings. The molecule has 1 aromatic heterocycles. The lowest BCUT2D eigenvalue weighted by Crippen LogP contribution is -2.49. The van der Waals surface area contributed by atoms with Crippen molar-refractivity contribution in [1.29, 1.82) is 0 Å². The lowest BCUT2D eigenvalue weighted by Gasteiger charge is -2.25. The van der Waals surface area contributed by atoms with Gasteiger partial charge in [-0.25, -0.2) is 0 Å². The molecule has 0 radical (unpaired) electrons. The first-order chi connectivity index (χ1) is 16.7. The number of carboxylic acid groups (broad SMARTS) is 1. The Hall–Kier alpha value is -2.86. The van der Waals surface area contributed by atoms with Crippen LogP contribution in [0.3, 0.4) is 0 Å². The molecule has 0 bridgehead atoms. The summed E-state index contributed by atoms with van der Waals surface area (Å²) in [5.74, 6) is -0.932. The van der Waals surface area contributed by atoms with Gasteiger partial charge in [0.1, 0.15) is 24.9 Å². The Morgan fingerprint density at radius 3 is 1.91 bits per heavy atom. The molecule has 0 aliphatic carbocycles. The minimum Gasteiger partial charge on any atom is -0.480 e. The summed E-state index contributed by atoms with van der Waals surface area (Å²) in [6, 6.07) is 14.2. The predicted octanol–water partition coefficient (Wildman–Crippen LogP) is 0.0513. The van der Waals surface area contributed by atoms with Gasteiger partial charge in [0.15, 0.2) is 5.43 Å². The third kappa shape index (κ3) is 7.56. The molecule has 10 nitrogen and oxygen atoms in total. The number of nitrogens with one attached hydrogen (secondary N) is 1. The van der Waals surface area contributed by atoms with Crippen molar-refractivity contribution in [1.82, 2.24) is 9.88 Å². The topological polar surface area (TPSA) is 172 Å². The van der Waals surface area contributed by atoms with E-state index < -0.39 is 37.0 Å². The summed E-state index contributed by atoms with van der Waals surface area (Å²) in [4.78, 5) is 23.4. The molecule has 3 rings (SSSR count). The van der Waals surface area contributed by atoms with E-state index in [2.05, 4.69) is 5.32 Å². The molecule has 2 aromatic carbocycles. The molecule has 0 saturated heterocycles. The van der Waals surface area contributed by atoms with Crippen molar-refractivity contribution in [3.05, 3.63) is 58.8 Å². The van der Waals surface area contributed by atoms with Crippen molar-refractivity contribution in [3.8, 4) is 0 Å². The van der Waals surface area contributed by atoms with Crippen LogP contribution in [0.2, 0.25) is 0 Å². The van der Waals surface area contributed by atoms with E-state index in [0.29, 0.717) is 21.8 Å². The predicted molar refractivity (Wildman–Crippen MR) is 132 cm³/mol. The summed E-state index contributed by atoms with van der Waals surface area (Å²) in [5.41, 5.74) is 1.23. The highest BCUT2D eigenvalue weighted by molar-refractivity contribution is 5.94. The van der Waals surface area contributed by atoms with Crippen molar-refractivity contribution in [3.63, 3.8) is 0 Å². The molecular weight excluding hydrogens is 456 g/mol. The van der Waals surface area contributed by atoms with Crippen molar-refractivity contribution in [2.24, 2.45) is 0 Å². The van der Waals surface area contributed by atoms with Gasteiger partial charge in [-0.05, 0) is 37.2 Å². The molecule has 0 aliphatic heterocycles. The Kier molecular flexibility index (Phi) is 11.3. The number of aromatic nitrogens is 1. The Morgan fingerprint density at radius 1 is 0.914 bits per heavy atom. The van der Waals surface area contributed by atoms with E-state index in [4.69, 9.17) is 15.3 Å². The maximum atomic E-state index is 12.4. The number of benzene rings is 2. The van der Waals surface area contributed by atoms with Crippen LogP contribution in [0.15, 0.2) is 53.3 Å². The number of aliphatic carboxylic acids is 1. The molecule has 0 spiro atoms. The fourth-order valence-electron chi connectivity index (χ4n) is 3.62. The summed E-state index contributed by atoms with van der Waals surface area (Å²) in [6.45, 7) is 2.07. The van der Waals surface area contributed by atoms with E-state index in [1.54, 1.807) is 53.1 Å². The maximum absolute atomic E-state index is 12.4. The third-order valence-corrected chi connectivity index (χ3v) is 5.56. The second-order valence-corrected chi connectivity index (χ2v) is 8.20. The number of rotatable bonds is 11. The van der Waals surface area contributed by atoms with Crippen molar-refractivity contribution in [2.45, 2.75) is 50.7 Å². The molecule has 0 aliphatic rings. The summed E-state index contributed by atoms with van der Waals surface area (Å²) in [5, 5.41) is 58.9. The minimum absolute atomic E-state index is 0.0622. The fraction of sp³-hybridized carbons (Fsp3) is 0.440. The van der Waals surface area contributed by atoms with Gasteiger partial charge in [0.05, 0.1) is 23.7 Å². The fourth-order valence-corrected chi connectivity index (χ4v) is 3.62. The molecule has 0 saturated carbocycles. The number of fused-ring (bicyclic) bond motifs is 2. The average molecular weight is 491 g/mol. The van der Waals surface area contributed by atoms with Crippen LogP contribution >= 0.6 is 0 Å². The van der Waals surface area contributed by atoms with Gasteiger partial charge in [0, 0.05) is 17.3 Å². The highest BCUT2D eigenvalue weighted by Gasteiger charge is 2.29. The van der Waals surface area contributed by atoms with Crippen LogP contribution in [0.4, 0.5) is 0 Å². The number of aliphatic hydroxyl groups is 5. The number of nitrogens with zero attached hydrogens (tertiary/aromatic N) is 1. The van der Waals surface area contributed by atoms with Gasteiger partial charge in [-0.2, -0.15) is 0 Å². The molecule has 0 unspecified atom stereocenters. The number of carboxylic acids is 1. The number of unbranched alkanes of at least 4 members (excludes halogenated alkanes) is 1. The van der Waals surface area contributed by atoms with Crippen molar-refractivity contribution >= 4 is 27.8 Å². The number of aliphatic hydroxyl groups excluding tert-OH is 5. The van der Waals surface area contributed by atoms with Crippen LogP contribution in [-0.4, -0.2) is 85.3 Å². The first-order valence-corrected chi connectivity index (χ1v) is 11.5. The molecule has 35 heavy (non-hydrogen) atoms. The van der Waals surface area contributed by atoms with Crippen LogP contribution in [0.1, 0.15) is 19.8 Å². The zero-order valence-electron chi connectivity index (χ0n) is 19.6. The second kappa shape index (κ2) is 13.9. The summed E-state index contributed by atoms with van der Waals surface area (Å²) in [6.07, 6.45) is -3.65. The van der Waals surface area contributed by atoms with E-state index in [1.807, 2.05) is 6.92 Å². The minimum atomic E-state index is -1.55. The monoisotopic (exact) mass is 490 g/mol. The Morgan fingerprint density at radius 2 is 1.43 bits per heavy atom. The maximum Gasteiger partial charge on any atom is 0.323 e. The number of hydrogen-bond donors (Lipinski definition) is 7. The largest absolute Gasteiger partial charge is 0.480 e. The zero-order valence-corrected chi connectivity index (χ0v) is 19.6. The van der Waals surface area contributed by atoms with Crippen molar-refractivity contribution in [2.75, 3.05) is 19.7 Å². The number of hydrogen-bond acceptors (Lipinski definition) is 8. The highest BCUT2D eigenvalue weighted by atomic mass is 16.4. The molecule has 7 N–H and O–H groups in total. The van der Waals surface area contributed by atoms with Crippen LogP contribution < -0.4 is 10.7 Å². The van der Waals surface area contributed by atoms with Gasteiger partial charge >= 0.3 is 5.97 Å². The Bertz CT molecular complexity index is 1090. The molecular formula is C25H34N2O8. The molecule has 0 amide bonds. The van der Waals surface area contributed by atoms with Crippen LogP contribution in [0.25, 0.3) is 21.8 Å². The van der Waals surface area contributed by atoms with Crippen molar-refractivity contribution < 1.29 is 35.4 Å². The van der Waals surface area contributed by atoms with E-state index in [9.17, 15) is 24.9 Å². The van der Waals surface area contributed by atoms with E-state index in [-0.39, 0.29) is 18.5 Å². The van der Waals surface area contributed by atoms with E-state index in [0.717, 1.165) is 19.4 Å². The SMILES string of the molecule is CCCCNC[C@@H](O)[C@@H](O)[C@H](O)[C@H](O)CO.O=C(O)Cn1c2ccccc2c(=O)c2ccccc21. The van der Waals surface area contributed by atoms with Gasteiger partial charge in [0.25, 0.3) is 0 Å². The number of para-hydroxylation sites is 2. The smallest absolute Gasteiger partial charge is 0.323 e. The van der Waals surface area contributed by atoms with Crippen LogP contribution in [-0.2, 0) is 11.3 Å². The van der Waals surface area contributed by atoms with E-state index >= 15 is 0 Å². The molecule has 3 aromatic rings. The Labute approximate surface area is 202 Å². The molecule has 10 heteroatoms. The summed E-state index contributed by atoms with van der Waals surface area (Å²) < 4.78 is 1.66. The number of carbonyl (C=O) groups is 1. The first-order valence-electron chi connectivity index (χ1n) is 11.5. The van der Waals surface area contributed by atoms with Gasteiger partial charge < -0.3 is 40.5 Å². The normalized spacial score (nSPS) is 14.7. The number of pyridine rings is 1. The summed E-state index contributed by atoms with van der Waals surface area (Å²) in [7, 11) is 0. The molecule has 4 atom stereocenters. The van der Waals surface area contributed by atoms with Gasteiger partial charge in [-0.1, -0.05) is 37.6 Å². The Balaban J connectivity index is 0.000000252. The van der Waals surface area contributed by atoms with E-state index in [1.165, 1.54) is 0 Å². The highest BCUT2D eigenvalue weighted by Crippen LogP contribution is 2.18. The van der Waals surface area contributed by atoms with Gasteiger partial charge in [-0.15, -0.1) is 0 Å². The average Bonchev–Trinajstić information content (AvgIpc) is 2.87.